The number of ether oxygens (including phenoxy) is 1. The van der Waals surface area contributed by atoms with Crippen molar-refractivity contribution in [2.75, 3.05) is 13.1 Å². The average Bonchev–Trinajstić information content (AvgIpc) is 2.98. The fourth-order valence-corrected chi connectivity index (χ4v) is 5.86. The third kappa shape index (κ3) is 12.4. The van der Waals surface area contributed by atoms with Gasteiger partial charge in [0.1, 0.15) is 11.6 Å². The van der Waals surface area contributed by atoms with Crippen LogP contribution in [-0.2, 0) is 20.7 Å². The Kier molecular flexibility index (Phi) is 16.8. The number of carbonyl (C=O) groups excluding carboxylic acids is 2. The molecule has 0 spiro atoms. The normalized spacial score (nSPS) is 29.2. The molecule has 2 amide bonds. The lowest BCUT2D eigenvalue weighted by atomic mass is 9.86. The second-order valence-electron chi connectivity index (χ2n) is 12.2. The Labute approximate surface area is 271 Å². The van der Waals surface area contributed by atoms with Crippen LogP contribution < -0.4 is 21.3 Å². The molecule has 7 nitrogen and oxygen atoms in total. The lowest BCUT2D eigenvalue weighted by Gasteiger charge is -2.39. The van der Waals surface area contributed by atoms with Gasteiger partial charge in [-0.3, -0.25) is 9.59 Å². The van der Waals surface area contributed by atoms with Gasteiger partial charge in [0.2, 0.25) is 11.8 Å². The molecule has 4 N–H and O–H groups in total. The molecule has 0 bridgehead atoms. The number of hydrogen-bond donors (Lipinski definition) is 4. The molecule has 2 rings (SSSR count). The van der Waals surface area contributed by atoms with Crippen LogP contribution in [0.4, 0.5) is 0 Å². The van der Waals surface area contributed by atoms with E-state index < -0.39 is 11.6 Å². The van der Waals surface area contributed by atoms with Crippen molar-refractivity contribution in [3.8, 4) is 0 Å². The first-order chi connectivity index (χ1) is 21.0. The molecule has 1 aromatic rings. The summed E-state index contributed by atoms with van der Waals surface area (Å²) >= 11 is 6.26. The number of halogens is 1. The molecule has 246 valence electrons. The fraction of sp³-hybridized carbons (Fsp3) is 0.611. The zero-order valence-corrected chi connectivity index (χ0v) is 28.6. The van der Waals surface area contributed by atoms with Gasteiger partial charge in [0, 0.05) is 36.3 Å². The first kappa shape index (κ1) is 37.6. The van der Waals surface area contributed by atoms with Crippen molar-refractivity contribution in [3.05, 3.63) is 71.4 Å². The Morgan fingerprint density at radius 1 is 1.14 bits per heavy atom. The van der Waals surface area contributed by atoms with Crippen LogP contribution in [0.3, 0.4) is 0 Å². The van der Waals surface area contributed by atoms with Crippen molar-refractivity contribution in [2.45, 2.75) is 123 Å². The SMILES string of the molecule is C=C1NC(CC)(CCC)C(=O)N[C@H](Cc2cccc(Cl)c2)C(=O)NCCCC/C=C\C=C/C(C)O[C@H](C)CN[C@H]1C(C)CC. The fourth-order valence-electron chi connectivity index (χ4n) is 5.65. The lowest BCUT2D eigenvalue weighted by Crippen LogP contribution is -2.62. The molecule has 0 radical (unpaired) electrons. The first-order valence-electron chi connectivity index (χ1n) is 16.6. The second kappa shape index (κ2) is 19.7. The molecule has 1 aliphatic heterocycles. The highest BCUT2D eigenvalue weighted by Crippen LogP contribution is 2.24. The van der Waals surface area contributed by atoms with Gasteiger partial charge in [-0.15, -0.1) is 0 Å². The van der Waals surface area contributed by atoms with Gasteiger partial charge in [-0.2, -0.15) is 0 Å². The molecule has 1 heterocycles. The van der Waals surface area contributed by atoms with Crippen LogP contribution >= 0.6 is 11.6 Å². The van der Waals surface area contributed by atoms with E-state index in [4.69, 9.17) is 16.3 Å². The van der Waals surface area contributed by atoms with E-state index >= 15 is 0 Å². The zero-order valence-electron chi connectivity index (χ0n) is 27.9. The minimum absolute atomic E-state index is 0.0172. The molecule has 8 heteroatoms. The standard InChI is InChI=1S/C36H57ClN4O3/c1-8-21-36(10-3)35(43)40-32(24-30-19-17-20-31(37)23-30)34(42)38-22-16-14-12-11-13-15-18-27(5)44-28(6)25-39-33(26(4)9-2)29(7)41-36/h11,13,15,17-20,23,26-28,32-33,39,41H,7-10,12,14,16,21-22,24-25H2,1-6H3,(H,38,42)(H,40,43)/b13-11-,18-15-/t26?,27?,28-,32-,33+,36?/m1/s1. The molecule has 0 saturated carbocycles. The maximum Gasteiger partial charge on any atom is 0.246 e. The smallest absolute Gasteiger partial charge is 0.246 e. The van der Waals surface area contributed by atoms with Gasteiger partial charge < -0.3 is 26.0 Å². The summed E-state index contributed by atoms with van der Waals surface area (Å²) in [6.07, 6.45) is 14.2. The minimum Gasteiger partial charge on any atom is -0.374 e. The minimum atomic E-state index is -0.920. The first-order valence-corrected chi connectivity index (χ1v) is 16.9. The molecule has 1 aromatic carbocycles. The predicted molar refractivity (Wildman–Crippen MR) is 184 cm³/mol. The monoisotopic (exact) mass is 628 g/mol. The van der Waals surface area contributed by atoms with Crippen molar-refractivity contribution in [1.29, 1.82) is 0 Å². The second-order valence-corrected chi connectivity index (χ2v) is 12.7. The van der Waals surface area contributed by atoms with Gasteiger partial charge in [0.25, 0.3) is 0 Å². The number of benzene rings is 1. The molecular weight excluding hydrogens is 572 g/mol. The Morgan fingerprint density at radius 2 is 1.91 bits per heavy atom. The summed E-state index contributed by atoms with van der Waals surface area (Å²) in [6.45, 7) is 18.2. The van der Waals surface area contributed by atoms with E-state index in [2.05, 4.69) is 73.8 Å². The van der Waals surface area contributed by atoms with Gasteiger partial charge in [-0.05, 0) is 69.6 Å². The number of rotatable bonds is 7. The van der Waals surface area contributed by atoms with Crippen LogP contribution in [0.2, 0.25) is 5.02 Å². The molecule has 0 aromatic heterocycles. The van der Waals surface area contributed by atoms with Crippen molar-refractivity contribution < 1.29 is 14.3 Å². The summed E-state index contributed by atoms with van der Waals surface area (Å²) in [5, 5.41) is 14.0. The summed E-state index contributed by atoms with van der Waals surface area (Å²) in [5.41, 5.74) is 0.740. The van der Waals surface area contributed by atoms with Crippen molar-refractivity contribution in [1.82, 2.24) is 21.3 Å². The van der Waals surface area contributed by atoms with E-state index in [-0.39, 0.29) is 36.0 Å². The Morgan fingerprint density at radius 3 is 2.59 bits per heavy atom. The van der Waals surface area contributed by atoms with Crippen LogP contribution in [0.1, 0.15) is 92.1 Å². The average molecular weight is 629 g/mol. The largest absolute Gasteiger partial charge is 0.374 e. The van der Waals surface area contributed by atoms with Crippen molar-refractivity contribution in [3.63, 3.8) is 0 Å². The highest BCUT2D eigenvalue weighted by molar-refractivity contribution is 6.30. The van der Waals surface area contributed by atoms with Gasteiger partial charge in [-0.1, -0.05) is 95.2 Å². The third-order valence-corrected chi connectivity index (χ3v) is 8.69. The number of allylic oxidation sites excluding steroid dienone is 3. The van der Waals surface area contributed by atoms with Crippen LogP contribution in [0, 0.1) is 5.92 Å². The van der Waals surface area contributed by atoms with E-state index in [1.54, 1.807) is 6.07 Å². The number of hydrogen-bond acceptors (Lipinski definition) is 5. The van der Waals surface area contributed by atoms with Gasteiger partial charge in [0.05, 0.1) is 12.2 Å². The highest BCUT2D eigenvalue weighted by atomic mass is 35.5. The summed E-state index contributed by atoms with van der Waals surface area (Å²) in [5.74, 6) is -0.116. The zero-order chi connectivity index (χ0) is 32.5. The highest BCUT2D eigenvalue weighted by Gasteiger charge is 2.39. The quantitative estimate of drug-likeness (QED) is 0.272. The van der Waals surface area contributed by atoms with Crippen LogP contribution in [0.25, 0.3) is 0 Å². The third-order valence-electron chi connectivity index (χ3n) is 8.45. The maximum atomic E-state index is 14.2. The van der Waals surface area contributed by atoms with Gasteiger partial charge in [0.15, 0.2) is 0 Å². The van der Waals surface area contributed by atoms with E-state index in [1.165, 1.54) is 0 Å². The molecule has 0 saturated heterocycles. The summed E-state index contributed by atoms with van der Waals surface area (Å²) in [4.78, 5) is 27.7. The summed E-state index contributed by atoms with van der Waals surface area (Å²) < 4.78 is 6.21. The lowest BCUT2D eigenvalue weighted by molar-refractivity contribution is -0.133. The molecule has 44 heavy (non-hydrogen) atoms. The summed E-state index contributed by atoms with van der Waals surface area (Å²) in [7, 11) is 0. The number of amides is 2. The molecule has 0 fully saturated rings. The Bertz CT molecular complexity index is 1110. The maximum absolute atomic E-state index is 14.2. The van der Waals surface area contributed by atoms with Crippen LogP contribution in [0.15, 0.2) is 60.8 Å². The predicted octanol–water partition coefficient (Wildman–Crippen LogP) is 6.63. The molecule has 1 aliphatic rings. The van der Waals surface area contributed by atoms with Gasteiger partial charge in [-0.25, -0.2) is 0 Å². The number of nitrogens with one attached hydrogen (secondary N) is 4. The Hall–Kier alpha value is -2.61. The topological polar surface area (TPSA) is 91.5 Å². The molecule has 3 unspecified atom stereocenters. The van der Waals surface area contributed by atoms with E-state index in [1.807, 2.05) is 38.1 Å². The molecular formula is C36H57ClN4O3. The van der Waals surface area contributed by atoms with E-state index in [0.29, 0.717) is 37.4 Å². The van der Waals surface area contributed by atoms with Crippen LogP contribution in [-0.4, -0.2) is 54.7 Å². The Balaban J connectivity index is 2.41. The van der Waals surface area contributed by atoms with Gasteiger partial charge >= 0.3 is 0 Å². The van der Waals surface area contributed by atoms with E-state index in [0.717, 1.165) is 43.4 Å². The van der Waals surface area contributed by atoms with Crippen LogP contribution in [0.5, 0.6) is 0 Å². The molecule has 0 aliphatic carbocycles. The summed E-state index contributed by atoms with van der Waals surface area (Å²) in [6, 6.07) is 6.63. The van der Waals surface area contributed by atoms with E-state index in [9.17, 15) is 9.59 Å². The number of carbonyl (C=O) groups is 2. The van der Waals surface area contributed by atoms with Crippen molar-refractivity contribution in [2.24, 2.45) is 5.92 Å². The van der Waals surface area contributed by atoms with Crippen molar-refractivity contribution >= 4 is 23.4 Å². The molecule has 6 atom stereocenters.